The molecule has 110 valence electrons. The van der Waals surface area contributed by atoms with Crippen molar-refractivity contribution in [3.63, 3.8) is 0 Å². The highest BCUT2D eigenvalue weighted by atomic mass is 16.5. The number of carbonyl (C=O) groups excluding carboxylic acids is 1. The van der Waals surface area contributed by atoms with E-state index in [2.05, 4.69) is 17.6 Å². The summed E-state index contributed by atoms with van der Waals surface area (Å²) in [6.45, 7) is 2.53. The highest BCUT2D eigenvalue weighted by Crippen LogP contribution is 2.27. The highest BCUT2D eigenvalue weighted by molar-refractivity contribution is 5.92. The van der Waals surface area contributed by atoms with Gasteiger partial charge in [0.05, 0.1) is 13.7 Å². The molecule has 1 unspecified atom stereocenters. The number of amides is 1. The Labute approximate surface area is 120 Å². The Morgan fingerprint density at radius 2 is 2.15 bits per heavy atom. The molecule has 1 fully saturated rings. The van der Waals surface area contributed by atoms with Crippen LogP contribution in [0.1, 0.15) is 32.6 Å². The van der Waals surface area contributed by atoms with Gasteiger partial charge in [0.1, 0.15) is 5.75 Å². The maximum Gasteiger partial charge on any atom is 0.238 e. The van der Waals surface area contributed by atoms with Crippen LogP contribution in [0, 0.1) is 5.92 Å². The smallest absolute Gasteiger partial charge is 0.238 e. The van der Waals surface area contributed by atoms with Crippen LogP contribution in [0.25, 0.3) is 0 Å². The highest BCUT2D eigenvalue weighted by Gasteiger charge is 2.21. The van der Waals surface area contributed by atoms with E-state index in [-0.39, 0.29) is 5.91 Å². The second kappa shape index (κ2) is 7.29. The van der Waals surface area contributed by atoms with Crippen molar-refractivity contribution in [2.75, 3.05) is 19.0 Å². The van der Waals surface area contributed by atoms with E-state index in [9.17, 15) is 4.79 Å². The predicted octanol–water partition coefficient (Wildman–Crippen LogP) is 2.80. The molecular weight excluding hydrogens is 252 g/mol. The molecule has 0 heterocycles. The number of hydrogen-bond donors (Lipinski definition) is 2. The summed E-state index contributed by atoms with van der Waals surface area (Å²) in [4.78, 5) is 11.9. The summed E-state index contributed by atoms with van der Waals surface area (Å²) in [6, 6.07) is 7.81. The number of hydrogen-bond acceptors (Lipinski definition) is 3. The van der Waals surface area contributed by atoms with Gasteiger partial charge in [-0.15, -0.1) is 0 Å². The van der Waals surface area contributed by atoms with Gasteiger partial charge in [-0.05, 0) is 37.8 Å². The zero-order valence-corrected chi connectivity index (χ0v) is 12.3. The van der Waals surface area contributed by atoms with Crippen molar-refractivity contribution in [2.24, 2.45) is 5.92 Å². The molecule has 1 atom stereocenters. The molecule has 4 nitrogen and oxygen atoms in total. The molecule has 1 saturated carbocycles. The molecule has 4 heteroatoms. The quantitative estimate of drug-likeness (QED) is 0.840. The van der Waals surface area contributed by atoms with Crippen LogP contribution >= 0.6 is 0 Å². The van der Waals surface area contributed by atoms with Crippen LogP contribution in [0.15, 0.2) is 24.3 Å². The Morgan fingerprint density at radius 1 is 1.40 bits per heavy atom. The van der Waals surface area contributed by atoms with E-state index in [1.807, 2.05) is 24.3 Å². The third kappa shape index (κ3) is 4.23. The lowest BCUT2D eigenvalue weighted by Gasteiger charge is -2.20. The number of methoxy groups -OCH3 is 1. The minimum absolute atomic E-state index is 0.0110. The third-order valence-corrected chi connectivity index (χ3v) is 4.05. The van der Waals surface area contributed by atoms with E-state index in [4.69, 9.17) is 4.74 Å². The lowest BCUT2D eigenvalue weighted by Crippen LogP contribution is -2.38. The van der Waals surface area contributed by atoms with Crippen LogP contribution < -0.4 is 15.4 Å². The Balaban J connectivity index is 1.76. The molecule has 0 spiro atoms. The van der Waals surface area contributed by atoms with Gasteiger partial charge in [0.2, 0.25) is 5.91 Å². The van der Waals surface area contributed by atoms with Gasteiger partial charge in [-0.2, -0.15) is 0 Å². The molecule has 2 rings (SSSR count). The first-order chi connectivity index (χ1) is 9.69. The molecule has 0 bridgehead atoms. The van der Waals surface area contributed by atoms with E-state index in [1.54, 1.807) is 7.11 Å². The van der Waals surface area contributed by atoms with Crippen LogP contribution in [-0.4, -0.2) is 25.6 Å². The summed E-state index contributed by atoms with van der Waals surface area (Å²) in [5.41, 5.74) is 0.768. The van der Waals surface area contributed by atoms with E-state index in [0.29, 0.717) is 12.6 Å². The normalized spacial score (nSPS) is 16.9. The third-order valence-electron chi connectivity index (χ3n) is 4.05. The van der Waals surface area contributed by atoms with Gasteiger partial charge in [0.25, 0.3) is 0 Å². The molecule has 20 heavy (non-hydrogen) atoms. The summed E-state index contributed by atoms with van der Waals surface area (Å²) < 4.78 is 5.14. The van der Waals surface area contributed by atoms with E-state index < -0.39 is 0 Å². The van der Waals surface area contributed by atoms with Gasteiger partial charge in [0.15, 0.2) is 0 Å². The number of benzene rings is 1. The Hall–Kier alpha value is -1.55. The van der Waals surface area contributed by atoms with E-state index in [1.165, 1.54) is 25.7 Å². The van der Waals surface area contributed by atoms with Crippen LogP contribution in [-0.2, 0) is 4.79 Å². The number of nitrogens with one attached hydrogen (secondary N) is 2. The molecule has 1 aromatic carbocycles. The number of carbonyl (C=O) groups is 1. The fraction of sp³-hybridized carbons (Fsp3) is 0.562. The molecule has 1 aromatic rings. The van der Waals surface area contributed by atoms with Gasteiger partial charge in [-0.25, -0.2) is 0 Å². The fourth-order valence-corrected chi connectivity index (χ4v) is 2.78. The monoisotopic (exact) mass is 276 g/mol. The summed E-state index contributed by atoms with van der Waals surface area (Å²) >= 11 is 0. The topological polar surface area (TPSA) is 50.4 Å². The van der Waals surface area contributed by atoms with Gasteiger partial charge in [0, 0.05) is 17.8 Å². The van der Waals surface area contributed by atoms with Crippen molar-refractivity contribution < 1.29 is 9.53 Å². The van der Waals surface area contributed by atoms with Crippen LogP contribution in [0.4, 0.5) is 5.69 Å². The lowest BCUT2D eigenvalue weighted by atomic mass is 10.00. The first-order valence-electron chi connectivity index (χ1n) is 7.36. The van der Waals surface area contributed by atoms with Gasteiger partial charge < -0.3 is 15.4 Å². The summed E-state index contributed by atoms with van der Waals surface area (Å²) in [5, 5.41) is 6.21. The van der Waals surface area contributed by atoms with Crippen molar-refractivity contribution in [1.82, 2.24) is 5.32 Å². The summed E-state index contributed by atoms with van der Waals surface area (Å²) in [6.07, 6.45) is 5.22. The lowest BCUT2D eigenvalue weighted by molar-refractivity contribution is -0.115. The molecule has 1 amide bonds. The maximum absolute atomic E-state index is 11.9. The number of anilines is 1. The Morgan fingerprint density at radius 3 is 2.85 bits per heavy atom. The summed E-state index contributed by atoms with van der Waals surface area (Å²) in [5.74, 6) is 1.46. The Bertz CT molecular complexity index is 442. The summed E-state index contributed by atoms with van der Waals surface area (Å²) in [7, 11) is 1.62. The average molecular weight is 276 g/mol. The minimum Gasteiger partial charge on any atom is -0.497 e. The van der Waals surface area contributed by atoms with E-state index in [0.717, 1.165) is 17.4 Å². The molecule has 0 aliphatic heterocycles. The molecular formula is C16H24N2O2. The molecule has 0 saturated heterocycles. The molecule has 0 aromatic heterocycles. The molecule has 1 aliphatic rings. The standard InChI is InChI=1S/C16H24N2O2/c1-12(13-6-3-4-7-13)17-11-16(19)18-14-8-5-9-15(10-14)20-2/h5,8-10,12-13,17H,3-4,6-7,11H2,1-2H3,(H,18,19). The SMILES string of the molecule is COc1cccc(NC(=O)CNC(C)C2CCCC2)c1. The zero-order chi connectivity index (χ0) is 14.4. The molecule has 2 N–H and O–H groups in total. The van der Waals surface area contributed by atoms with Crippen LogP contribution in [0.3, 0.4) is 0 Å². The van der Waals surface area contributed by atoms with Crippen LogP contribution in [0.2, 0.25) is 0 Å². The van der Waals surface area contributed by atoms with Gasteiger partial charge >= 0.3 is 0 Å². The van der Waals surface area contributed by atoms with Crippen molar-refractivity contribution in [2.45, 2.75) is 38.6 Å². The number of ether oxygens (including phenoxy) is 1. The van der Waals surface area contributed by atoms with E-state index >= 15 is 0 Å². The van der Waals surface area contributed by atoms with Gasteiger partial charge in [-0.1, -0.05) is 18.9 Å². The van der Waals surface area contributed by atoms with Crippen molar-refractivity contribution in [3.8, 4) is 5.75 Å². The second-order valence-corrected chi connectivity index (χ2v) is 5.49. The molecule has 1 aliphatic carbocycles. The fourth-order valence-electron chi connectivity index (χ4n) is 2.78. The van der Waals surface area contributed by atoms with Crippen molar-refractivity contribution >= 4 is 11.6 Å². The van der Waals surface area contributed by atoms with Crippen molar-refractivity contribution in [3.05, 3.63) is 24.3 Å². The average Bonchev–Trinajstić information content (AvgIpc) is 2.99. The van der Waals surface area contributed by atoms with Gasteiger partial charge in [-0.3, -0.25) is 4.79 Å². The zero-order valence-electron chi connectivity index (χ0n) is 12.3. The van der Waals surface area contributed by atoms with Crippen molar-refractivity contribution in [1.29, 1.82) is 0 Å². The Kier molecular flexibility index (Phi) is 5.41. The first-order valence-corrected chi connectivity index (χ1v) is 7.36. The first kappa shape index (κ1) is 14.9. The predicted molar refractivity (Wildman–Crippen MR) is 81.0 cm³/mol. The second-order valence-electron chi connectivity index (χ2n) is 5.49. The largest absolute Gasteiger partial charge is 0.497 e. The molecule has 0 radical (unpaired) electrons. The van der Waals surface area contributed by atoms with Crippen LogP contribution in [0.5, 0.6) is 5.75 Å². The number of rotatable bonds is 6. The maximum atomic E-state index is 11.9. The minimum atomic E-state index is -0.0110.